The van der Waals surface area contributed by atoms with Gasteiger partial charge in [-0.3, -0.25) is 14.4 Å². The second kappa shape index (κ2) is 9.09. The van der Waals surface area contributed by atoms with Crippen molar-refractivity contribution in [1.29, 1.82) is 0 Å². The topological polar surface area (TPSA) is 63.7 Å². The highest BCUT2D eigenvalue weighted by Gasteiger charge is 2.45. The van der Waals surface area contributed by atoms with E-state index in [0.717, 1.165) is 5.56 Å². The van der Waals surface area contributed by atoms with Gasteiger partial charge in [0.2, 0.25) is 0 Å². The Kier molecular flexibility index (Phi) is 6.75. The third-order valence-electron chi connectivity index (χ3n) is 5.20. The Hall–Kier alpha value is -2.18. The van der Waals surface area contributed by atoms with Gasteiger partial charge in [-0.25, -0.2) is 0 Å². The second-order valence-corrected chi connectivity index (χ2v) is 8.74. The molecule has 0 saturated carbocycles. The van der Waals surface area contributed by atoms with Crippen molar-refractivity contribution in [2.24, 2.45) is 5.41 Å². The van der Waals surface area contributed by atoms with Gasteiger partial charge in [-0.05, 0) is 56.9 Å². The first-order valence-electron chi connectivity index (χ1n) is 9.65. The van der Waals surface area contributed by atoms with Crippen molar-refractivity contribution >= 4 is 40.6 Å². The fraction of sp³-hybridized carbons (Fsp3) is 0.409. The molecule has 1 saturated heterocycles. The van der Waals surface area contributed by atoms with E-state index in [0.29, 0.717) is 41.3 Å². The number of ether oxygens (including phenoxy) is 1. The molecule has 1 fully saturated rings. The Bertz CT molecular complexity index is 925. The molecule has 1 aliphatic heterocycles. The lowest BCUT2D eigenvalue weighted by atomic mass is 9.75. The van der Waals surface area contributed by atoms with Crippen LogP contribution in [-0.2, 0) is 16.0 Å². The van der Waals surface area contributed by atoms with Crippen LogP contribution < -0.4 is 0 Å². The van der Waals surface area contributed by atoms with Gasteiger partial charge in [-0.2, -0.15) is 0 Å². The van der Waals surface area contributed by atoms with Crippen LogP contribution in [0.25, 0.3) is 0 Å². The molecule has 2 heterocycles. The number of esters is 1. The van der Waals surface area contributed by atoms with Crippen molar-refractivity contribution in [1.82, 2.24) is 4.90 Å². The summed E-state index contributed by atoms with van der Waals surface area (Å²) in [7, 11) is 0. The van der Waals surface area contributed by atoms with Gasteiger partial charge in [-0.15, -0.1) is 11.3 Å². The number of rotatable bonds is 6. The average Bonchev–Trinajstić information content (AvgIpc) is 3.18. The minimum Gasteiger partial charge on any atom is -0.466 e. The largest absolute Gasteiger partial charge is 0.466 e. The first-order valence-corrected chi connectivity index (χ1v) is 10.9. The van der Waals surface area contributed by atoms with E-state index < -0.39 is 5.41 Å². The van der Waals surface area contributed by atoms with Crippen LogP contribution >= 0.6 is 22.9 Å². The van der Waals surface area contributed by atoms with E-state index in [2.05, 4.69) is 0 Å². The van der Waals surface area contributed by atoms with Crippen LogP contribution in [0.1, 0.15) is 52.3 Å². The molecule has 1 aliphatic rings. The van der Waals surface area contributed by atoms with Crippen LogP contribution in [-0.4, -0.2) is 42.3 Å². The van der Waals surface area contributed by atoms with Crippen LogP contribution in [0, 0.1) is 5.41 Å². The minimum absolute atomic E-state index is 0.0606. The summed E-state index contributed by atoms with van der Waals surface area (Å²) in [6.45, 7) is 4.41. The SMILES string of the molecule is CCOC(=O)C1(Cc2cccc(Cl)c2)CCCN(C(=O)c2csc(C(C)=O)c2)C1. The molecule has 29 heavy (non-hydrogen) atoms. The number of likely N-dealkylation sites (tertiary alicyclic amines) is 1. The normalized spacial score (nSPS) is 19.1. The third kappa shape index (κ3) is 4.87. The lowest BCUT2D eigenvalue weighted by Crippen LogP contribution is -2.51. The van der Waals surface area contributed by atoms with Gasteiger partial charge in [-0.1, -0.05) is 23.7 Å². The molecule has 0 spiro atoms. The molecule has 154 valence electrons. The van der Waals surface area contributed by atoms with Gasteiger partial charge in [0, 0.05) is 23.5 Å². The molecule has 7 heteroatoms. The van der Waals surface area contributed by atoms with Gasteiger partial charge >= 0.3 is 5.97 Å². The fourth-order valence-corrected chi connectivity index (χ4v) is 4.82. The third-order valence-corrected chi connectivity index (χ3v) is 6.46. The standard InChI is InChI=1S/C22H24ClNO4S/c1-3-28-21(27)22(12-16-6-4-7-18(23)10-16)8-5-9-24(14-22)20(26)17-11-19(15(2)25)29-13-17/h4,6-7,10-11,13H,3,5,8-9,12,14H2,1-2H3. The number of piperidine rings is 1. The van der Waals surface area contributed by atoms with Gasteiger partial charge in [0.25, 0.3) is 5.91 Å². The number of ketones is 1. The molecule has 1 aromatic carbocycles. The highest BCUT2D eigenvalue weighted by Crippen LogP contribution is 2.36. The van der Waals surface area contributed by atoms with E-state index in [-0.39, 0.29) is 30.8 Å². The van der Waals surface area contributed by atoms with Crippen LogP contribution in [0.5, 0.6) is 0 Å². The van der Waals surface area contributed by atoms with Gasteiger partial charge in [0.05, 0.1) is 22.5 Å². The molecule has 5 nitrogen and oxygen atoms in total. The Morgan fingerprint density at radius 3 is 2.72 bits per heavy atom. The van der Waals surface area contributed by atoms with Crippen molar-refractivity contribution in [2.75, 3.05) is 19.7 Å². The van der Waals surface area contributed by atoms with E-state index in [1.807, 2.05) is 18.2 Å². The highest BCUT2D eigenvalue weighted by molar-refractivity contribution is 7.12. The molecule has 1 unspecified atom stereocenters. The fourth-order valence-electron chi connectivity index (χ4n) is 3.83. The summed E-state index contributed by atoms with van der Waals surface area (Å²) in [6, 6.07) is 9.07. The van der Waals surface area contributed by atoms with E-state index in [1.165, 1.54) is 18.3 Å². The average molecular weight is 434 g/mol. The van der Waals surface area contributed by atoms with Crippen molar-refractivity contribution in [2.45, 2.75) is 33.1 Å². The van der Waals surface area contributed by atoms with Gasteiger partial charge < -0.3 is 9.64 Å². The summed E-state index contributed by atoms with van der Waals surface area (Å²) in [5.74, 6) is -0.505. The summed E-state index contributed by atoms with van der Waals surface area (Å²) in [5, 5.41) is 2.32. The maximum atomic E-state index is 13.1. The van der Waals surface area contributed by atoms with E-state index in [9.17, 15) is 14.4 Å². The first-order chi connectivity index (χ1) is 13.8. The number of benzene rings is 1. The molecule has 0 N–H and O–H groups in total. The number of thiophene rings is 1. The summed E-state index contributed by atoms with van der Waals surface area (Å²) in [5.41, 5.74) is 0.616. The molecule has 1 amide bonds. The predicted molar refractivity (Wildman–Crippen MR) is 114 cm³/mol. The molecule has 1 atom stereocenters. The number of nitrogens with zero attached hydrogens (tertiary/aromatic N) is 1. The zero-order chi connectivity index (χ0) is 21.0. The van der Waals surface area contributed by atoms with Crippen LogP contribution in [0.3, 0.4) is 0 Å². The lowest BCUT2D eigenvalue weighted by Gasteiger charge is -2.41. The Morgan fingerprint density at radius 1 is 1.28 bits per heavy atom. The number of amides is 1. The van der Waals surface area contributed by atoms with E-state index in [1.54, 1.807) is 29.3 Å². The Balaban J connectivity index is 1.87. The molecule has 1 aromatic heterocycles. The molecular formula is C22H24ClNO4S. The lowest BCUT2D eigenvalue weighted by molar-refractivity contribution is -0.158. The van der Waals surface area contributed by atoms with Crippen LogP contribution in [0.2, 0.25) is 5.02 Å². The number of Topliss-reactive ketones (excluding diaryl/α,β-unsaturated/α-hetero) is 1. The molecule has 2 aromatic rings. The Morgan fingerprint density at radius 2 is 2.07 bits per heavy atom. The molecule has 3 rings (SSSR count). The number of hydrogen-bond acceptors (Lipinski definition) is 5. The van der Waals surface area contributed by atoms with Gasteiger partial charge in [0.15, 0.2) is 5.78 Å². The zero-order valence-electron chi connectivity index (χ0n) is 16.6. The number of halogens is 1. The predicted octanol–water partition coefficient (Wildman–Crippen LogP) is 4.63. The summed E-state index contributed by atoms with van der Waals surface area (Å²) in [6.07, 6.45) is 1.80. The van der Waals surface area contributed by atoms with Crippen LogP contribution in [0.15, 0.2) is 35.7 Å². The van der Waals surface area contributed by atoms with Crippen molar-refractivity contribution in [3.05, 3.63) is 56.7 Å². The van der Waals surface area contributed by atoms with Crippen LogP contribution in [0.4, 0.5) is 0 Å². The van der Waals surface area contributed by atoms with E-state index >= 15 is 0 Å². The number of hydrogen-bond donors (Lipinski definition) is 0. The summed E-state index contributed by atoms with van der Waals surface area (Å²) < 4.78 is 5.40. The van der Waals surface area contributed by atoms with Crippen molar-refractivity contribution in [3.8, 4) is 0 Å². The maximum Gasteiger partial charge on any atom is 0.314 e. The molecule has 0 aliphatic carbocycles. The van der Waals surface area contributed by atoms with Crippen molar-refractivity contribution in [3.63, 3.8) is 0 Å². The quantitative estimate of drug-likeness (QED) is 0.492. The Labute approximate surface area is 179 Å². The number of carbonyl (C=O) groups excluding carboxylic acids is 3. The molecule has 0 radical (unpaired) electrons. The van der Waals surface area contributed by atoms with Crippen molar-refractivity contribution < 1.29 is 19.1 Å². The number of carbonyl (C=O) groups is 3. The molecular weight excluding hydrogens is 410 g/mol. The first kappa shape index (κ1) is 21.5. The minimum atomic E-state index is -0.811. The van der Waals surface area contributed by atoms with E-state index in [4.69, 9.17) is 16.3 Å². The van der Waals surface area contributed by atoms with Gasteiger partial charge in [0.1, 0.15) is 0 Å². The maximum absolute atomic E-state index is 13.1. The summed E-state index contributed by atoms with van der Waals surface area (Å²) >= 11 is 7.39. The highest BCUT2D eigenvalue weighted by atomic mass is 35.5. The smallest absolute Gasteiger partial charge is 0.314 e. The monoisotopic (exact) mass is 433 g/mol. The zero-order valence-corrected chi connectivity index (χ0v) is 18.1. The second-order valence-electron chi connectivity index (χ2n) is 7.39. The summed E-state index contributed by atoms with van der Waals surface area (Å²) in [4.78, 5) is 39.9. The molecule has 0 bridgehead atoms.